The number of hydrogen-bond acceptors (Lipinski definition) is 4. The van der Waals surface area contributed by atoms with Gasteiger partial charge in [0.05, 0.1) is 18.7 Å². The number of benzene rings is 2. The monoisotopic (exact) mass is 324 g/mol. The molecule has 0 saturated carbocycles. The van der Waals surface area contributed by atoms with Gasteiger partial charge in [-0.05, 0) is 50.1 Å². The Hall–Kier alpha value is -3.00. The van der Waals surface area contributed by atoms with Crippen molar-refractivity contribution in [3.05, 3.63) is 53.1 Å². The van der Waals surface area contributed by atoms with Crippen LogP contribution in [0, 0.1) is 25.2 Å². The molecule has 0 fully saturated rings. The van der Waals surface area contributed by atoms with Gasteiger partial charge < -0.3 is 14.8 Å². The molecule has 1 amide bonds. The summed E-state index contributed by atoms with van der Waals surface area (Å²) in [6.45, 7) is 5.57. The maximum absolute atomic E-state index is 12.4. The zero-order valence-electron chi connectivity index (χ0n) is 14.2. The van der Waals surface area contributed by atoms with Crippen molar-refractivity contribution in [2.24, 2.45) is 0 Å². The molecule has 1 atom stereocenters. The average molecular weight is 324 g/mol. The fourth-order valence-corrected chi connectivity index (χ4v) is 2.18. The van der Waals surface area contributed by atoms with Crippen LogP contribution in [0.5, 0.6) is 11.5 Å². The maximum atomic E-state index is 12.4. The molecule has 0 bridgehead atoms. The molecule has 2 aromatic rings. The lowest BCUT2D eigenvalue weighted by Crippen LogP contribution is -2.30. The minimum atomic E-state index is -0.716. The Morgan fingerprint density at radius 2 is 1.92 bits per heavy atom. The number of nitrogens with zero attached hydrogens (tertiary/aromatic N) is 1. The van der Waals surface area contributed by atoms with Gasteiger partial charge in [0.2, 0.25) is 0 Å². The number of anilines is 1. The van der Waals surface area contributed by atoms with Crippen LogP contribution in [0.3, 0.4) is 0 Å². The van der Waals surface area contributed by atoms with Crippen LogP contribution in [-0.2, 0) is 4.79 Å². The molecule has 0 aliphatic heterocycles. The number of ether oxygens (including phenoxy) is 2. The molecule has 5 nitrogen and oxygen atoms in total. The molecule has 0 saturated heterocycles. The Bertz CT molecular complexity index is 794. The van der Waals surface area contributed by atoms with Crippen molar-refractivity contribution in [1.29, 1.82) is 5.26 Å². The first-order valence-electron chi connectivity index (χ1n) is 7.57. The fourth-order valence-electron chi connectivity index (χ4n) is 2.18. The van der Waals surface area contributed by atoms with E-state index in [0.717, 1.165) is 16.8 Å². The van der Waals surface area contributed by atoms with Gasteiger partial charge in [-0.1, -0.05) is 12.1 Å². The average Bonchev–Trinajstić information content (AvgIpc) is 2.58. The molecule has 1 unspecified atom stereocenters. The van der Waals surface area contributed by atoms with Crippen molar-refractivity contribution in [2.45, 2.75) is 26.9 Å². The van der Waals surface area contributed by atoms with Crippen LogP contribution in [0.4, 0.5) is 5.69 Å². The van der Waals surface area contributed by atoms with E-state index in [0.29, 0.717) is 17.1 Å². The van der Waals surface area contributed by atoms with E-state index in [4.69, 9.17) is 14.7 Å². The first-order chi connectivity index (χ1) is 11.4. The molecule has 0 aliphatic rings. The highest BCUT2D eigenvalue weighted by Crippen LogP contribution is 2.29. The summed E-state index contributed by atoms with van der Waals surface area (Å²) in [7, 11) is 1.49. The highest BCUT2D eigenvalue weighted by atomic mass is 16.5. The van der Waals surface area contributed by atoms with Crippen LogP contribution in [0.25, 0.3) is 0 Å². The van der Waals surface area contributed by atoms with Gasteiger partial charge in [-0.25, -0.2) is 0 Å². The summed E-state index contributed by atoms with van der Waals surface area (Å²) in [5.41, 5.74) is 3.28. The van der Waals surface area contributed by atoms with Crippen molar-refractivity contribution in [3.8, 4) is 17.6 Å². The van der Waals surface area contributed by atoms with Gasteiger partial charge in [0.25, 0.3) is 5.91 Å². The third kappa shape index (κ3) is 4.05. The molecule has 0 spiro atoms. The number of hydrogen-bond donors (Lipinski definition) is 1. The Labute approximate surface area is 141 Å². The number of carbonyl (C=O) groups excluding carboxylic acids is 1. The Morgan fingerprint density at radius 3 is 2.58 bits per heavy atom. The second-order valence-electron chi connectivity index (χ2n) is 5.55. The van der Waals surface area contributed by atoms with Crippen LogP contribution in [0.2, 0.25) is 0 Å². The quantitative estimate of drug-likeness (QED) is 0.912. The summed E-state index contributed by atoms with van der Waals surface area (Å²) in [4.78, 5) is 12.4. The standard InChI is InChI=1S/C19H20N2O3/c1-12-5-6-13(2)16(9-12)21-19(22)14(3)24-17-8-7-15(11-20)10-18(17)23-4/h5-10,14H,1-4H3,(H,21,22). The molecular weight excluding hydrogens is 304 g/mol. The van der Waals surface area contributed by atoms with Gasteiger partial charge >= 0.3 is 0 Å². The van der Waals surface area contributed by atoms with E-state index in [-0.39, 0.29) is 5.91 Å². The number of amides is 1. The molecular formula is C19H20N2O3. The topological polar surface area (TPSA) is 71.3 Å². The molecule has 24 heavy (non-hydrogen) atoms. The zero-order chi connectivity index (χ0) is 17.7. The van der Waals surface area contributed by atoms with Crippen molar-refractivity contribution in [2.75, 3.05) is 12.4 Å². The highest BCUT2D eigenvalue weighted by Gasteiger charge is 2.18. The van der Waals surface area contributed by atoms with Crippen LogP contribution < -0.4 is 14.8 Å². The van der Waals surface area contributed by atoms with E-state index in [1.165, 1.54) is 7.11 Å². The van der Waals surface area contributed by atoms with E-state index in [9.17, 15) is 4.79 Å². The van der Waals surface area contributed by atoms with E-state index >= 15 is 0 Å². The normalized spacial score (nSPS) is 11.3. The van der Waals surface area contributed by atoms with Gasteiger partial charge in [0.1, 0.15) is 0 Å². The van der Waals surface area contributed by atoms with Gasteiger partial charge in [-0.3, -0.25) is 4.79 Å². The van der Waals surface area contributed by atoms with Crippen molar-refractivity contribution in [3.63, 3.8) is 0 Å². The molecule has 0 heterocycles. The molecule has 0 aliphatic carbocycles. The summed E-state index contributed by atoms with van der Waals surface area (Å²) in [6, 6.07) is 12.7. The predicted molar refractivity (Wildman–Crippen MR) is 92.3 cm³/mol. The van der Waals surface area contributed by atoms with Gasteiger partial charge in [-0.2, -0.15) is 5.26 Å². The molecule has 5 heteroatoms. The smallest absolute Gasteiger partial charge is 0.265 e. The van der Waals surface area contributed by atoms with E-state index in [1.54, 1.807) is 25.1 Å². The lowest BCUT2D eigenvalue weighted by atomic mass is 10.1. The van der Waals surface area contributed by atoms with Gasteiger partial charge in [0, 0.05) is 11.8 Å². The summed E-state index contributed by atoms with van der Waals surface area (Å²) in [5, 5.41) is 11.8. The van der Waals surface area contributed by atoms with Crippen molar-refractivity contribution < 1.29 is 14.3 Å². The summed E-state index contributed by atoms with van der Waals surface area (Å²) in [5.74, 6) is 0.579. The predicted octanol–water partition coefficient (Wildman–Crippen LogP) is 3.59. The molecule has 124 valence electrons. The zero-order valence-corrected chi connectivity index (χ0v) is 14.2. The lowest BCUT2D eigenvalue weighted by molar-refractivity contribution is -0.122. The molecule has 0 aromatic heterocycles. The second kappa shape index (κ2) is 7.51. The van der Waals surface area contributed by atoms with Crippen LogP contribution >= 0.6 is 0 Å². The lowest BCUT2D eigenvalue weighted by Gasteiger charge is -2.17. The largest absolute Gasteiger partial charge is 0.493 e. The Balaban J connectivity index is 2.12. The van der Waals surface area contributed by atoms with E-state index in [2.05, 4.69) is 5.32 Å². The minimum Gasteiger partial charge on any atom is -0.493 e. The number of methoxy groups -OCH3 is 1. The highest BCUT2D eigenvalue weighted by molar-refractivity contribution is 5.94. The van der Waals surface area contributed by atoms with E-state index < -0.39 is 6.10 Å². The first kappa shape index (κ1) is 17.4. The number of carbonyl (C=O) groups is 1. The van der Waals surface area contributed by atoms with Crippen LogP contribution in [0.15, 0.2) is 36.4 Å². The third-order valence-electron chi connectivity index (χ3n) is 3.62. The minimum absolute atomic E-state index is 0.255. The van der Waals surface area contributed by atoms with Crippen LogP contribution in [-0.4, -0.2) is 19.1 Å². The fraction of sp³-hybridized carbons (Fsp3) is 0.263. The Morgan fingerprint density at radius 1 is 1.17 bits per heavy atom. The van der Waals surface area contributed by atoms with Gasteiger partial charge in [-0.15, -0.1) is 0 Å². The number of nitriles is 1. The molecule has 1 N–H and O–H groups in total. The number of aryl methyl sites for hydroxylation is 2. The third-order valence-corrected chi connectivity index (χ3v) is 3.62. The van der Waals surface area contributed by atoms with Crippen molar-refractivity contribution >= 4 is 11.6 Å². The molecule has 2 aromatic carbocycles. The maximum Gasteiger partial charge on any atom is 0.265 e. The molecule has 2 rings (SSSR count). The second-order valence-corrected chi connectivity index (χ2v) is 5.55. The summed E-state index contributed by atoms with van der Waals surface area (Å²) < 4.78 is 10.9. The number of rotatable bonds is 5. The summed E-state index contributed by atoms with van der Waals surface area (Å²) in [6.07, 6.45) is -0.716. The molecule has 0 radical (unpaired) electrons. The SMILES string of the molecule is COc1cc(C#N)ccc1OC(C)C(=O)Nc1cc(C)ccc1C. The van der Waals surface area contributed by atoms with Crippen molar-refractivity contribution in [1.82, 2.24) is 0 Å². The number of nitrogens with one attached hydrogen (secondary N) is 1. The summed E-state index contributed by atoms with van der Waals surface area (Å²) >= 11 is 0. The Kier molecular flexibility index (Phi) is 5.43. The van der Waals surface area contributed by atoms with Crippen LogP contribution in [0.1, 0.15) is 23.6 Å². The first-order valence-corrected chi connectivity index (χ1v) is 7.57. The van der Waals surface area contributed by atoms with E-state index in [1.807, 2.05) is 38.1 Å². The van der Waals surface area contributed by atoms with Gasteiger partial charge in [0.15, 0.2) is 17.6 Å².